The molecule has 8 heteroatoms. The van der Waals surface area contributed by atoms with Crippen LogP contribution >= 0.6 is 0 Å². The molecule has 2 aromatic carbocycles. The predicted octanol–water partition coefficient (Wildman–Crippen LogP) is 3.86. The molecule has 0 aliphatic rings. The Morgan fingerprint density at radius 1 is 1.00 bits per heavy atom. The third-order valence-electron chi connectivity index (χ3n) is 3.86. The van der Waals surface area contributed by atoms with E-state index in [1.807, 2.05) is 6.92 Å². The largest absolute Gasteiger partial charge is 0.506 e. The molecule has 0 unspecified atom stereocenters. The Morgan fingerprint density at radius 3 is 2.45 bits per heavy atom. The van der Waals surface area contributed by atoms with Crippen molar-refractivity contribution in [1.29, 1.82) is 0 Å². The molecule has 3 aromatic rings. The molecule has 3 N–H and O–H groups in total. The van der Waals surface area contributed by atoms with E-state index in [0.29, 0.717) is 22.7 Å². The Kier molecular flexibility index (Phi) is 5.94. The molecule has 1 aromatic heterocycles. The average Bonchev–Trinajstić information content (AvgIpc) is 2.71. The normalized spacial score (nSPS) is 10.1. The van der Waals surface area contributed by atoms with Gasteiger partial charge in [0.15, 0.2) is 0 Å². The number of carbonyl (C=O) groups is 2. The van der Waals surface area contributed by atoms with Crippen LogP contribution in [-0.2, 0) is 0 Å². The predicted molar refractivity (Wildman–Crippen MR) is 107 cm³/mol. The van der Waals surface area contributed by atoms with Gasteiger partial charge in [-0.25, -0.2) is 9.78 Å². The van der Waals surface area contributed by atoms with Gasteiger partial charge in [-0.05, 0) is 55.0 Å². The Bertz CT molecular complexity index is 1030. The van der Waals surface area contributed by atoms with Gasteiger partial charge in [0, 0.05) is 24.9 Å². The Balaban J connectivity index is 1.66. The number of rotatable bonds is 5. The molecule has 0 aliphatic heterocycles. The van der Waals surface area contributed by atoms with Crippen molar-refractivity contribution in [3.63, 3.8) is 0 Å². The summed E-state index contributed by atoms with van der Waals surface area (Å²) < 4.78 is 10.6. The summed E-state index contributed by atoms with van der Waals surface area (Å²) in [6.07, 6.45) is 0.813. The molecule has 0 saturated heterocycles. The van der Waals surface area contributed by atoms with Gasteiger partial charge in [-0.3, -0.25) is 4.79 Å². The van der Waals surface area contributed by atoms with Crippen LogP contribution in [0.5, 0.6) is 23.1 Å². The van der Waals surface area contributed by atoms with Gasteiger partial charge >= 0.3 is 6.09 Å². The van der Waals surface area contributed by atoms with Crippen LogP contribution in [-0.4, -0.2) is 29.1 Å². The molecule has 148 valence electrons. The molecule has 1 heterocycles. The molecule has 0 spiro atoms. The highest BCUT2D eigenvalue weighted by atomic mass is 16.6. The van der Waals surface area contributed by atoms with Crippen molar-refractivity contribution in [2.24, 2.45) is 0 Å². The van der Waals surface area contributed by atoms with Crippen LogP contribution < -0.4 is 20.1 Å². The summed E-state index contributed by atoms with van der Waals surface area (Å²) in [5, 5.41) is 14.9. The van der Waals surface area contributed by atoms with E-state index in [2.05, 4.69) is 15.6 Å². The average molecular weight is 393 g/mol. The molecule has 0 bridgehead atoms. The third kappa shape index (κ3) is 5.23. The number of aromatic hydroxyl groups is 1. The zero-order chi connectivity index (χ0) is 20.8. The van der Waals surface area contributed by atoms with E-state index in [1.165, 1.54) is 19.3 Å². The topological polar surface area (TPSA) is 110 Å². The first kappa shape index (κ1) is 19.7. The number of anilines is 1. The van der Waals surface area contributed by atoms with Crippen molar-refractivity contribution in [2.45, 2.75) is 6.92 Å². The van der Waals surface area contributed by atoms with Gasteiger partial charge in [0.25, 0.3) is 5.91 Å². The molecule has 0 radical (unpaired) electrons. The van der Waals surface area contributed by atoms with E-state index < -0.39 is 6.09 Å². The van der Waals surface area contributed by atoms with E-state index in [4.69, 9.17) is 9.47 Å². The second-order valence-electron chi connectivity index (χ2n) is 6.07. The first-order chi connectivity index (χ1) is 13.9. The van der Waals surface area contributed by atoms with E-state index in [1.54, 1.807) is 48.5 Å². The first-order valence-corrected chi connectivity index (χ1v) is 8.69. The lowest BCUT2D eigenvalue weighted by molar-refractivity contribution is 0.102. The number of ether oxygens (including phenoxy) is 2. The fraction of sp³-hybridized carbons (Fsp3) is 0.0952. The number of carbonyl (C=O) groups excluding carboxylic acids is 2. The summed E-state index contributed by atoms with van der Waals surface area (Å²) >= 11 is 0. The first-order valence-electron chi connectivity index (χ1n) is 8.69. The minimum Gasteiger partial charge on any atom is -0.506 e. The number of nitrogens with one attached hydrogen (secondary N) is 2. The third-order valence-corrected chi connectivity index (χ3v) is 3.86. The van der Waals surface area contributed by atoms with E-state index in [9.17, 15) is 14.7 Å². The Labute approximate surface area is 167 Å². The summed E-state index contributed by atoms with van der Waals surface area (Å²) in [5.74, 6) is 0.639. The van der Waals surface area contributed by atoms with Crippen LogP contribution in [0.4, 0.5) is 10.5 Å². The molecule has 0 saturated carbocycles. The Hall–Kier alpha value is -4.07. The maximum Gasteiger partial charge on any atom is 0.413 e. The zero-order valence-corrected chi connectivity index (χ0v) is 15.8. The molecule has 0 aliphatic carbocycles. The number of aromatic nitrogens is 1. The van der Waals surface area contributed by atoms with Gasteiger partial charge in [0.1, 0.15) is 17.2 Å². The number of hydrogen-bond donors (Lipinski definition) is 3. The molecular formula is C21H19N3O5. The Morgan fingerprint density at radius 2 is 1.76 bits per heavy atom. The molecular weight excluding hydrogens is 374 g/mol. The minimum atomic E-state index is -0.635. The van der Waals surface area contributed by atoms with Crippen LogP contribution in [0, 0.1) is 6.92 Å². The van der Waals surface area contributed by atoms with Crippen molar-refractivity contribution in [1.82, 2.24) is 10.3 Å². The molecule has 0 fully saturated rings. The number of phenolic OH excluding ortho intramolecular Hbond substituents is 1. The van der Waals surface area contributed by atoms with Gasteiger partial charge < -0.3 is 25.2 Å². The van der Waals surface area contributed by atoms with Crippen molar-refractivity contribution >= 4 is 17.7 Å². The van der Waals surface area contributed by atoms with Crippen LogP contribution in [0.25, 0.3) is 0 Å². The quantitative estimate of drug-likeness (QED) is 0.568. The van der Waals surface area contributed by atoms with Crippen LogP contribution in [0.2, 0.25) is 0 Å². The molecule has 8 nitrogen and oxygen atoms in total. The highest BCUT2D eigenvalue weighted by Gasteiger charge is 2.10. The van der Waals surface area contributed by atoms with Gasteiger partial charge in [-0.15, -0.1) is 0 Å². The fourth-order valence-corrected chi connectivity index (χ4v) is 2.41. The van der Waals surface area contributed by atoms with Gasteiger partial charge in [0.2, 0.25) is 5.88 Å². The monoisotopic (exact) mass is 393 g/mol. The number of phenols is 1. The number of aryl methyl sites for hydroxylation is 1. The standard InChI is InChI=1S/C21H19N3O5/c1-13-3-8-17(18(25)11-13)24-20(26)14-4-6-15(7-5-14)28-16-9-10-23-19(12-16)29-21(27)22-2/h3-12,25H,1-2H3,(H,22,27)(H,24,26). The lowest BCUT2D eigenvalue weighted by Crippen LogP contribution is -2.22. The van der Waals surface area contributed by atoms with Crippen molar-refractivity contribution in [3.8, 4) is 23.1 Å². The lowest BCUT2D eigenvalue weighted by Gasteiger charge is -2.10. The number of pyridine rings is 1. The number of nitrogens with zero attached hydrogens (tertiary/aromatic N) is 1. The summed E-state index contributed by atoms with van der Waals surface area (Å²) in [6, 6.07) is 14.5. The number of amides is 2. The number of benzene rings is 2. The van der Waals surface area contributed by atoms with E-state index in [0.717, 1.165) is 5.56 Å². The second kappa shape index (κ2) is 8.75. The molecule has 3 rings (SSSR count). The minimum absolute atomic E-state index is 0.00534. The SMILES string of the molecule is CNC(=O)Oc1cc(Oc2ccc(C(=O)Nc3ccc(C)cc3O)cc2)ccn1. The van der Waals surface area contributed by atoms with Crippen molar-refractivity contribution in [2.75, 3.05) is 12.4 Å². The second-order valence-corrected chi connectivity index (χ2v) is 6.07. The maximum atomic E-state index is 12.4. The van der Waals surface area contributed by atoms with Gasteiger partial charge in [0.05, 0.1) is 5.69 Å². The summed E-state index contributed by atoms with van der Waals surface area (Å²) in [6.45, 7) is 1.85. The maximum absolute atomic E-state index is 12.4. The number of hydrogen-bond acceptors (Lipinski definition) is 6. The van der Waals surface area contributed by atoms with Crippen molar-refractivity contribution < 1.29 is 24.2 Å². The van der Waals surface area contributed by atoms with Crippen molar-refractivity contribution in [3.05, 3.63) is 71.9 Å². The summed E-state index contributed by atoms with van der Waals surface area (Å²) in [4.78, 5) is 27.5. The van der Waals surface area contributed by atoms with Crippen LogP contribution in [0.15, 0.2) is 60.8 Å². The van der Waals surface area contributed by atoms with Gasteiger partial charge in [-0.2, -0.15) is 0 Å². The smallest absolute Gasteiger partial charge is 0.413 e. The van der Waals surface area contributed by atoms with Crippen LogP contribution in [0.3, 0.4) is 0 Å². The highest BCUT2D eigenvalue weighted by molar-refractivity contribution is 6.05. The van der Waals surface area contributed by atoms with Crippen LogP contribution in [0.1, 0.15) is 15.9 Å². The molecule has 0 atom stereocenters. The fourth-order valence-electron chi connectivity index (χ4n) is 2.41. The van der Waals surface area contributed by atoms with E-state index in [-0.39, 0.29) is 17.5 Å². The van der Waals surface area contributed by atoms with E-state index >= 15 is 0 Å². The zero-order valence-electron chi connectivity index (χ0n) is 15.8. The molecule has 29 heavy (non-hydrogen) atoms. The lowest BCUT2D eigenvalue weighted by atomic mass is 10.1. The summed E-state index contributed by atoms with van der Waals surface area (Å²) in [5.41, 5.74) is 1.62. The van der Waals surface area contributed by atoms with Gasteiger partial charge in [-0.1, -0.05) is 6.07 Å². The molecule has 2 amide bonds. The highest BCUT2D eigenvalue weighted by Crippen LogP contribution is 2.26. The summed E-state index contributed by atoms with van der Waals surface area (Å²) in [7, 11) is 1.45.